The predicted molar refractivity (Wildman–Crippen MR) is 249 cm³/mol. The van der Waals surface area contributed by atoms with E-state index in [1.165, 1.54) is 102 Å². The maximum absolute atomic E-state index is 2.62. The van der Waals surface area contributed by atoms with Crippen molar-refractivity contribution in [3.63, 3.8) is 0 Å². The largest absolute Gasteiger partial charge is 0.0842 e. The normalized spacial score (nSPS) is 13.9. The van der Waals surface area contributed by atoms with Gasteiger partial charge in [-0.2, -0.15) is 0 Å². The molecule has 2 aromatic heterocycles. The quantitative estimate of drug-likeness (QED) is 0.157. The molecule has 0 nitrogen and oxygen atoms in total. The minimum absolute atomic E-state index is 0.632. The highest BCUT2D eigenvalue weighted by Crippen LogP contribution is 2.63. The second-order valence-electron chi connectivity index (χ2n) is 15.1. The highest BCUT2D eigenvalue weighted by Gasteiger charge is 2.26. The van der Waals surface area contributed by atoms with Crippen LogP contribution < -0.4 is 0 Å². The molecule has 2 heterocycles. The zero-order chi connectivity index (χ0) is 36.7. The van der Waals surface area contributed by atoms with E-state index in [0.29, 0.717) is 0 Å². The summed E-state index contributed by atoms with van der Waals surface area (Å²) in [5.41, 5.74) is 5.22. The summed E-state index contributed by atoms with van der Waals surface area (Å²) in [6, 6.07) is 66.8. The topological polar surface area (TPSA) is 0 Å². The molecule has 9 aromatic carbocycles. The molecule has 0 bridgehead atoms. The monoisotopic (exact) mass is 746 g/mol. The molecule has 0 saturated carbocycles. The maximum atomic E-state index is 2.62. The lowest BCUT2D eigenvalue weighted by atomic mass is 9.84. The summed E-state index contributed by atoms with van der Waals surface area (Å²) < 4.78 is 0. The first-order valence-electron chi connectivity index (χ1n) is 19.7. The molecule has 2 heteroatoms. The number of rotatable bonds is 4. The van der Waals surface area contributed by atoms with Crippen LogP contribution in [-0.2, 0) is 0 Å². The number of hydrogen-bond acceptors (Lipinski definition) is 0. The second kappa shape index (κ2) is 12.7. The lowest BCUT2D eigenvalue weighted by molar-refractivity contribution is 1.08. The zero-order valence-corrected chi connectivity index (χ0v) is 32.6. The fourth-order valence-electron chi connectivity index (χ4n) is 9.90. The summed E-state index contributed by atoms with van der Waals surface area (Å²) in [4.78, 5) is 0. The van der Waals surface area contributed by atoms with Gasteiger partial charge in [-0.25, -0.2) is 0 Å². The standard InChI is InChI=1S/C54H36P2/c1-4-18-35(19-5-1)50-38-24-10-12-26-40(38)51(41-27-13-11-25-39(41)50)45-34-49-53(44-29-15-17-31-47(44)56(49)37-22-8-3-9-23-37)54-42(45)32-33-48-52(54)43-28-14-16-30-46(43)55(48)36-20-6-2-7-21-36/h1-6,8-20,22-34H,7,21H2. The van der Waals surface area contributed by atoms with Crippen molar-refractivity contribution in [2.45, 2.75) is 12.8 Å². The van der Waals surface area contributed by atoms with Crippen LogP contribution in [0.2, 0.25) is 0 Å². The summed E-state index contributed by atoms with van der Waals surface area (Å²) >= 11 is 0. The Labute approximate surface area is 327 Å². The molecule has 0 radical (unpaired) electrons. The lowest BCUT2D eigenvalue weighted by Gasteiger charge is -2.20. The molecule has 12 rings (SSSR count). The van der Waals surface area contributed by atoms with Gasteiger partial charge in [0, 0.05) is 31.2 Å². The molecule has 0 amide bonds. The molecule has 0 fully saturated rings. The van der Waals surface area contributed by atoms with E-state index in [-0.39, 0.29) is 0 Å². The van der Waals surface area contributed by atoms with Crippen molar-refractivity contribution in [2.24, 2.45) is 0 Å². The van der Waals surface area contributed by atoms with E-state index in [9.17, 15) is 0 Å². The Kier molecular flexibility index (Phi) is 7.28. The molecule has 0 spiro atoms. The van der Waals surface area contributed by atoms with Gasteiger partial charge in [0.2, 0.25) is 0 Å². The van der Waals surface area contributed by atoms with E-state index >= 15 is 0 Å². The van der Waals surface area contributed by atoms with Crippen molar-refractivity contribution >= 4 is 94.7 Å². The van der Waals surface area contributed by atoms with E-state index in [1.54, 1.807) is 5.31 Å². The molecular formula is C54H36P2. The van der Waals surface area contributed by atoms with Crippen LogP contribution in [0.4, 0.5) is 0 Å². The molecule has 1 aliphatic carbocycles. The van der Waals surface area contributed by atoms with Crippen LogP contribution in [0.15, 0.2) is 194 Å². The molecule has 0 N–H and O–H groups in total. The van der Waals surface area contributed by atoms with Crippen LogP contribution in [0.25, 0.3) is 107 Å². The zero-order valence-electron chi connectivity index (χ0n) is 30.8. The smallest absolute Gasteiger partial charge is 0.00812 e. The summed E-state index contributed by atoms with van der Waals surface area (Å²) in [5.74, 6) is 0. The molecule has 1 aliphatic rings. The van der Waals surface area contributed by atoms with Gasteiger partial charge in [0.15, 0.2) is 0 Å². The Morgan fingerprint density at radius 3 is 1.54 bits per heavy atom. The Bertz CT molecular complexity index is 3390. The van der Waals surface area contributed by atoms with Gasteiger partial charge in [-0.1, -0.05) is 197 Å². The van der Waals surface area contributed by atoms with Crippen molar-refractivity contribution in [2.75, 3.05) is 0 Å². The third-order valence-corrected chi connectivity index (χ3v) is 17.3. The first-order chi connectivity index (χ1) is 27.8. The van der Waals surface area contributed by atoms with E-state index < -0.39 is 15.1 Å². The Morgan fingerprint density at radius 1 is 0.375 bits per heavy atom. The Hall–Kier alpha value is -6.16. The van der Waals surface area contributed by atoms with Gasteiger partial charge in [0.25, 0.3) is 0 Å². The number of allylic oxidation sites excluding steroid dienone is 4. The van der Waals surface area contributed by atoms with Gasteiger partial charge in [-0.15, -0.1) is 0 Å². The van der Waals surface area contributed by atoms with E-state index in [1.807, 2.05) is 0 Å². The van der Waals surface area contributed by atoms with Crippen molar-refractivity contribution in [3.05, 3.63) is 194 Å². The van der Waals surface area contributed by atoms with Gasteiger partial charge >= 0.3 is 0 Å². The van der Waals surface area contributed by atoms with Crippen molar-refractivity contribution in [1.82, 2.24) is 0 Å². The third-order valence-electron chi connectivity index (χ3n) is 12.1. The van der Waals surface area contributed by atoms with Crippen LogP contribution >= 0.6 is 15.1 Å². The number of benzene rings is 9. The van der Waals surface area contributed by atoms with Crippen LogP contribution in [-0.4, -0.2) is 0 Å². The highest BCUT2D eigenvalue weighted by atomic mass is 31.1. The van der Waals surface area contributed by atoms with Gasteiger partial charge in [0.05, 0.1) is 0 Å². The molecule has 11 aromatic rings. The van der Waals surface area contributed by atoms with Crippen LogP contribution in [0.3, 0.4) is 0 Å². The van der Waals surface area contributed by atoms with Crippen molar-refractivity contribution < 1.29 is 0 Å². The summed E-state index contributed by atoms with van der Waals surface area (Å²) in [7, 11) is -1.43. The SMILES string of the molecule is C1=CCCC(p2c3ccccc3c3c4c(ccc32)c(-c2c3ccccc3c(-c3ccccc3)c3ccccc23)cc2c4c3ccccc3p2-c2ccccc2)=C1. The van der Waals surface area contributed by atoms with Crippen LogP contribution in [0, 0.1) is 0 Å². The first kappa shape index (κ1) is 32.1. The van der Waals surface area contributed by atoms with Crippen molar-refractivity contribution in [3.8, 4) is 27.6 Å². The molecule has 0 saturated heterocycles. The summed E-state index contributed by atoms with van der Waals surface area (Å²) in [6.07, 6.45) is 9.27. The number of fused-ring (bicyclic) bond motifs is 11. The van der Waals surface area contributed by atoms with Crippen LogP contribution in [0.5, 0.6) is 0 Å². The Balaban J connectivity index is 1.35. The van der Waals surface area contributed by atoms with Crippen molar-refractivity contribution in [1.29, 1.82) is 0 Å². The average molecular weight is 747 g/mol. The minimum Gasteiger partial charge on any atom is -0.0842 e. The third kappa shape index (κ3) is 4.61. The molecule has 56 heavy (non-hydrogen) atoms. The molecule has 262 valence electrons. The van der Waals surface area contributed by atoms with Gasteiger partial charge in [-0.3, -0.25) is 0 Å². The molecular weight excluding hydrogens is 711 g/mol. The summed E-state index contributed by atoms with van der Waals surface area (Å²) in [6.45, 7) is 0. The van der Waals surface area contributed by atoms with Gasteiger partial charge in [0.1, 0.15) is 0 Å². The molecule has 2 atom stereocenters. The fraction of sp³-hybridized carbons (Fsp3) is 0.0370. The second-order valence-corrected chi connectivity index (χ2v) is 19.4. The van der Waals surface area contributed by atoms with E-state index in [0.717, 1.165) is 12.8 Å². The molecule has 0 aliphatic heterocycles. The molecule has 2 unspecified atom stereocenters. The average Bonchev–Trinajstić information content (AvgIpc) is 3.79. The Morgan fingerprint density at radius 2 is 0.911 bits per heavy atom. The van der Waals surface area contributed by atoms with Gasteiger partial charge < -0.3 is 0 Å². The fourth-order valence-corrected chi connectivity index (χ4v) is 15.4. The minimum atomic E-state index is -0.793. The number of hydrogen-bond donors (Lipinski definition) is 0. The predicted octanol–water partition coefficient (Wildman–Crippen LogP) is 17.2. The maximum Gasteiger partial charge on any atom is 0.00812 e. The van der Waals surface area contributed by atoms with Crippen LogP contribution in [0.1, 0.15) is 12.8 Å². The lowest BCUT2D eigenvalue weighted by Crippen LogP contribution is -1.92. The van der Waals surface area contributed by atoms with E-state index in [2.05, 4.69) is 194 Å². The first-order valence-corrected chi connectivity index (χ1v) is 22.4. The van der Waals surface area contributed by atoms with E-state index in [4.69, 9.17) is 0 Å². The van der Waals surface area contributed by atoms with Gasteiger partial charge in [-0.05, 0) is 101 Å². The highest BCUT2D eigenvalue weighted by molar-refractivity contribution is 7.71. The summed E-state index contributed by atoms with van der Waals surface area (Å²) in [5, 5.41) is 22.6.